The summed E-state index contributed by atoms with van der Waals surface area (Å²) in [5, 5.41) is 6.45. The third-order valence-electron chi connectivity index (χ3n) is 3.82. The van der Waals surface area contributed by atoms with Gasteiger partial charge in [-0.15, -0.1) is 0 Å². The molecular weight excluding hydrogens is 216 g/mol. The molecule has 0 saturated carbocycles. The van der Waals surface area contributed by atoms with Crippen LogP contribution in [0.15, 0.2) is 0 Å². The van der Waals surface area contributed by atoms with Crippen LogP contribution in [0.3, 0.4) is 0 Å². The number of urea groups is 1. The second-order valence-corrected chi connectivity index (χ2v) is 5.22. The van der Waals surface area contributed by atoms with Crippen molar-refractivity contribution in [3.63, 3.8) is 0 Å². The van der Waals surface area contributed by atoms with Crippen LogP contribution in [-0.4, -0.2) is 68.2 Å². The fraction of sp³-hybridized carbons (Fsp3) is 0.917. The zero-order valence-corrected chi connectivity index (χ0v) is 10.9. The molecule has 0 bridgehead atoms. The molecule has 2 aliphatic heterocycles. The lowest BCUT2D eigenvalue weighted by atomic mass is 10.1. The molecule has 2 unspecified atom stereocenters. The summed E-state index contributed by atoms with van der Waals surface area (Å²) < 4.78 is 0. The second kappa shape index (κ2) is 5.69. The van der Waals surface area contributed by atoms with Gasteiger partial charge in [0, 0.05) is 45.8 Å². The Kier molecular flexibility index (Phi) is 4.23. The highest BCUT2D eigenvalue weighted by molar-refractivity contribution is 5.73. The van der Waals surface area contributed by atoms with Crippen molar-refractivity contribution in [2.45, 2.75) is 31.3 Å². The van der Waals surface area contributed by atoms with Crippen LogP contribution < -0.4 is 10.6 Å². The molecule has 0 aromatic carbocycles. The molecule has 17 heavy (non-hydrogen) atoms. The van der Waals surface area contributed by atoms with E-state index < -0.39 is 0 Å². The monoisotopic (exact) mass is 240 g/mol. The molecule has 2 rings (SSSR count). The predicted octanol–water partition coefficient (Wildman–Crippen LogP) is 0.0839. The Hall–Kier alpha value is -0.810. The van der Waals surface area contributed by atoms with E-state index in [1.165, 1.54) is 32.4 Å². The summed E-state index contributed by atoms with van der Waals surface area (Å²) in [5.74, 6) is 0. The topological polar surface area (TPSA) is 47.6 Å². The Bertz CT molecular complexity index is 269. The van der Waals surface area contributed by atoms with Gasteiger partial charge < -0.3 is 15.5 Å². The molecule has 2 aliphatic rings. The molecule has 0 spiro atoms. The van der Waals surface area contributed by atoms with Crippen molar-refractivity contribution in [2.75, 3.05) is 40.3 Å². The number of fused-ring (bicyclic) bond motifs is 1. The minimum Gasteiger partial charge on any atom is -0.337 e. The highest BCUT2D eigenvalue weighted by atomic mass is 16.2. The largest absolute Gasteiger partial charge is 0.337 e. The average Bonchev–Trinajstić information content (AvgIpc) is 2.87. The van der Waals surface area contributed by atoms with E-state index in [1.54, 1.807) is 19.0 Å². The van der Waals surface area contributed by atoms with Crippen molar-refractivity contribution in [1.82, 2.24) is 20.4 Å². The zero-order valence-electron chi connectivity index (χ0n) is 10.9. The zero-order chi connectivity index (χ0) is 12.3. The summed E-state index contributed by atoms with van der Waals surface area (Å²) in [5.41, 5.74) is 0. The Morgan fingerprint density at radius 2 is 2.12 bits per heavy atom. The van der Waals surface area contributed by atoms with Crippen molar-refractivity contribution in [3.05, 3.63) is 0 Å². The first kappa shape index (κ1) is 12.6. The average molecular weight is 240 g/mol. The minimum atomic E-state index is -0.0132. The first-order chi connectivity index (χ1) is 8.18. The molecule has 0 aromatic rings. The lowest BCUT2D eigenvalue weighted by molar-refractivity contribution is 0.217. The van der Waals surface area contributed by atoms with Crippen molar-refractivity contribution < 1.29 is 4.79 Å². The number of rotatable bonds is 4. The van der Waals surface area contributed by atoms with Gasteiger partial charge in [0.2, 0.25) is 0 Å². The maximum absolute atomic E-state index is 11.3. The number of nitrogens with one attached hydrogen (secondary N) is 2. The molecule has 2 N–H and O–H groups in total. The van der Waals surface area contributed by atoms with E-state index >= 15 is 0 Å². The number of amides is 2. The van der Waals surface area contributed by atoms with Crippen LogP contribution in [0.1, 0.15) is 19.3 Å². The summed E-state index contributed by atoms with van der Waals surface area (Å²) in [6, 6.07) is 1.37. The van der Waals surface area contributed by atoms with Crippen molar-refractivity contribution in [2.24, 2.45) is 0 Å². The van der Waals surface area contributed by atoms with Gasteiger partial charge in [0.1, 0.15) is 0 Å². The number of nitrogens with zero attached hydrogens (tertiary/aromatic N) is 2. The molecule has 2 atom stereocenters. The molecule has 0 aromatic heterocycles. The predicted molar refractivity (Wildman–Crippen MR) is 68.1 cm³/mol. The van der Waals surface area contributed by atoms with Crippen molar-refractivity contribution in [1.29, 1.82) is 0 Å². The molecule has 98 valence electrons. The summed E-state index contributed by atoms with van der Waals surface area (Å²) >= 11 is 0. The quantitative estimate of drug-likeness (QED) is 0.684. The van der Waals surface area contributed by atoms with E-state index in [-0.39, 0.29) is 6.03 Å². The van der Waals surface area contributed by atoms with Gasteiger partial charge in [0.25, 0.3) is 0 Å². The molecule has 2 saturated heterocycles. The lowest BCUT2D eigenvalue weighted by Gasteiger charge is -2.21. The first-order valence-electron chi connectivity index (χ1n) is 6.61. The van der Waals surface area contributed by atoms with Gasteiger partial charge in [-0.2, -0.15) is 0 Å². The second-order valence-electron chi connectivity index (χ2n) is 5.22. The Labute approximate surface area is 104 Å². The van der Waals surface area contributed by atoms with Crippen LogP contribution >= 0.6 is 0 Å². The summed E-state index contributed by atoms with van der Waals surface area (Å²) in [6.07, 6.45) is 3.94. The van der Waals surface area contributed by atoms with E-state index in [1.807, 2.05) is 0 Å². The lowest BCUT2D eigenvalue weighted by Crippen LogP contribution is -2.44. The van der Waals surface area contributed by atoms with Crippen molar-refractivity contribution >= 4 is 6.03 Å². The maximum atomic E-state index is 11.3. The molecule has 2 amide bonds. The van der Waals surface area contributed by atoms with E-state index in [0.717, 1.165) is 12.6 Å². The van der Waals surface area contributed by atoms with Crippen LogP contribution in [0.25, 0.3) is 0 Å². The molecular formula is C12H24N4O. The van der Waals surface area contributed by atoms with Gasteiger partial charge >= 0.3 is 6.03 Å². The molecule has 5 nitrogen and oxygen atoms in total. The number of carbonyl (C=O) groups is 1. The van der Waals surface area contributed by atoms with Crippen LogP contribution in [0.5, 0.6) is 0 Å². The standard InChI is InChI=1S/C12H24N4O/c1-15(2)12(17)14-7-6-13-10-5-9-16-8-3-4-11(10)16/h10-11,13H,3-9H2,1-2H3,(H,14,17). The third-order valence-corrected chi connectivity index (χ3v) is 3.82. The van der Waals surface area contributed by atoms with E-state index in [9.17, 15) is 4.79 Å². The highest BCUT2D eigenvalue weighted by Gasteiger charge is 2.36. The van der Waals surface area contributed by atoms with Crippen LogP contribution in [0.2, 0.25) is 0 Å². The van der Waals surface area contributed by atoms with Gasteiger partial charge in [-0.1, -0.05) is 0 Å². The summed E-state index contributed by atoms with van der Waals surface area (Å²) in [7, 11) is 3.52. The van der Waals surface area contributed by atoms with Gasteiger partial charge in [0.15, 0.2) is 0 Å². The molecule has 2 heterocycles. The fourth-order valence-corrected chi connectivity index (χ4v) is 2.91. The number of carbonyl (C=O) groups excluding carboxylic acids is 1. The first-order valence-corrected chi connectivity index (χ1v) is 6.61. The molecule has 0 radical (unpaired) electrons. The Morgan fingerprint density at radius 3 is 2.88 bits per heavy atom. The maximum Gasteiger partial charge on any atom is 0.316 e. The minimum absolute atomic E-state index is 0.0132. The van der Waals surface area contributed by atoms with Crippen LogP contribution in [0, 0.1) is 0 Å². The van der Waals surface area contributed by atoms with Gasteiger partial charge in [0.05, 0.1) is 0 Å². The fourth-order valence-electron chi connectivity index (χ4n) is 2.91. The van der Waals surface area contributed by atoms with Crippen LogP contribution in [0.4, 0.5) is 4.79 Å². The molecule has 2 fully saturated rings. The smallest absolute Gasteiger partial charge is 0.316 e. The van der Waals surface area contributed by atoms with Gasteiger partial charge in [-0.25, -0.2) is 4.79 Å². The third kappa shape index (κ3) is 3.10. The number of hydrogen-bond acceptors (Lipinski definition) is 3. The highest BCUT2D eigenvalue weighted by Crippen LogP contribution is 2.27. The van der Waals surface area contributed by atoms with E-state index in [4.69, 9.17) is 0 Å². The summed E-state index contributed by atoms with van der Waals surface area (Å²) in [6.45, 7) is 4.10. The van der Waals surface area contributed by atoms with Crippen molar-refractivity contribution in [3.8, 4) is 0 Å². The normalized spacial score (nSPS) is 28.1. The molecule has 5 heteroatoms. The van der Waals surface area contributed by atoms with E-state index in [2.05, 4.69) is 15.5 Å². The van der Waals surface area contributed by atoms with Gasteiger partial charge in [-0.05, 0) is 25.8 Å². The van der Waals surface area contributed by atoms with Gasteiger partial charge in [-0.3, -0.25) is 4.90 Å². The Morgan fingerprint density at radius 1 is 1.29 bits per heavy atom. The van der Waals surface area contributed by atoms with Crippen LogP contribution in [-0.2, 0) is 0 Å². The SMILES string of the molecule is CN(C)C(=O)NCCNC1CCN2CCCC12. The van der Waals surface area contributed by atoms with E-state index in [0.29, 0.717) is 12.6 Å². The Balaban J connectivity index is 1.61. The summed E-state index contributed by atoms with van der Waals surface area (Å²) in [4.78, 5) is 15.5. The molecule has 0 aliphatic carbocycles. The number of hydrogen-bond donors (Lipinski definition) is 2.